The van der Waals surface area contributed by atoms with E-state index in [2.05, 4.69) is 10.1 Å². The zero-order valence-corrected chi connectivity index (χ0v) is 13.5. The van der Waals surface area contributed by atoms with Crippen molar-refractivity contribution in [3.8, 4) is 11.5 Å². The Kier molecular flexibility index (Phi) is 6.12. The van der Waals surface area contributed by atoms with Crippen LogP contribution in [0.15, 0.2) is 42.5 Å². The van der Waals surface area contributed by atoms with Gasteiger partial charge in [0.05, 0.1) is 0 Å². The van der Waals surface area contributed by atoms with Gasteiger partial charge in [-0.05, 0) is 54.8 Å². The topological polar surface area (TPSA) is 47.6 Å². The molecule has 0 aliphatic carbocycles. The maximum absolute atomic E-state index is 12.1. The number of carbonyl (C=O) groups excluding carboxylic acids is 1. The lowest BCUT2D eigenvalue weighted by molar-refractivity contribution is -0.123. The first-order valence-electron chi connectivity index (χ1n) is 7.44. The molecule has 0 saturated carbocycles. The Morgan fingerprint density at radius 1 is 1.04 bits per heavy atom. The Labute approximate surface area is 139 Å². The van der Waals surface area contributed by atoms with Gasteiger partial charge < -0.3 is 14.8 Å². The molecule has 0 atom stereocenters. The highest BCUT2D eigenvalue weighted by molar-refractivity contribution is 5.77. The van der Waals surface area contributed by atoms with Gasteiger partial charge in [0, 0.05) is 6.54 Å². The Morgan fingerprint density at radius 2 is 1.67 bits per heavy atom. The third-order valence-corrected chi connectivity index (χ3v) is 3.20. The van der Waals surface area contributed by atoms with E-state index in [0.29, 0.717) is 5.75 Å². The van der Waals surface area contributed by atoms with E-state index in [1.165, 1.54) is 12.1 Å². The largest absolute Gasteiger partial charge is 0.484 e. The van der Waals surface area contributed by atoms with E-state index in [9.17, 15) is 13.6 Å². The number of benzene rings is 2. The van der Waals surface area contributed by atoms with Crippen LogP contribution in [0.25, 0.3) is 0 Å². The third kappa shape index (κ3) is 5.87. The van der Waals surface area contributed by atoms with E-state index in [4.69, 9.17) is 4.74 Å². The van der Waals surface area contributed by atoms with Gasteiger partial charge >= 0.3 is 6.61 Å². The molecule has 0 spiro atoms. The quantitative estimate of drug-likeness (QED) is 0.841. The molecule has 1 amide bonds. The predicted molar refractivity (Wildman–Crippen MR) is 86.3 cm³/mol. The molecule has 0 radical (unpaired) electrons. The van der Waals surface area contributed by atoms with Crippen molar-refractivity contribution in [2.45, 2.75) is 27.0 Å². The normalized spacial score (nSPS) is 10.5. The number of aryl methyl sites for hydroxylation is 2. The molecular formula is C18H19F2NO3. The van der Waals surface area contributed by atoms with Crippen molar-refractivity contribution in [2.75, 3.05) is 6.61 Å². The smallest absolute Gasteiger partial charge is 0.387 e. The van der Waals surface area contributed by atoms with Crippen LogP contribution in [0.3, 0.4) is 0 Å². The highest BCUT2D eigenvalue weighted by Gasteiger charge is 2.06. The van der Waals surface area contributed by atoms with Gasteiger partial charge in [0.15, 0.2) is 6.61 Å². The van der Waals surface area contributed by atoms with Crippen LogP contribution in [0.2, 0.25) is 0 Å². The van der Waals surface area contributed by atoms with Gasteiger partial charge in [0.25, 0.3) is 5.91 Å². The fourth-order valence-corrected chi connectivity index (χ4v) is 2.21. The minimum atomic E-state index is -2.85. The summed E-state index contributed by atoms with van der Waals surface area (Å²) in [6.07, 6.45) is 0. The summed E-state index contributed by atoms with van der Waals surface area (Å²) < 4.78 is 33.8. The van der Waals surface area contributed by atoms with Crippen molar-refractivity contribution >= 4 is 5.91 Å². The van der Waals surface area contributed by atoms with Gasteiger partial charge in [0.1, 0.15) is 11.5 Å². The average Bonchev–Trinajstić information content (AvgIpc) is 2.51. The monoisotopic (exact) mass is 335 g/mol. The van der Waals surface area contributed by atoms with Crippen LogP contribution in [0.1, 0.15) is 16.7 Å². The highest BCUT2D eigenvalue weighted by Crippen LogP contribution is 2.16. The third-order valence-electron chi connectivity index (χ3n) is 3.20. The second-order valence-electron chi connectivity index (χ2n) is 5.41. The number of nitrogens with one attached hydrogen (secondary N) is 1. The molecule has 0 bridgehead atoms. The number of hydrogen-bond donors (Lipinski definition) is 1. The second kappa shape index (κ2) is 8.29. The molecule has 128 valence electrons. The summed E-state index contributed by atoms with van der Waals surface area (Å²) in [7, 11) is 0. The van der Waals surface area contributed by atoms with Gasteiger partial charge in [-0.25, -0.2) is 0 Å². The average molecular weight is 335 g/mol. The fraction of sp³-hybridized carbons (Fsp3) is 0.278. The van der Waals surface area contributed by atoms with Crippen molar-refractivity contribution in [2.24, 2.45) is 0 Å². The first-order valence-corrected chi connectivity index (χ1v) is 7.44. The number of ether oxygens (including phenoxy) is 2. The van der Waals surface area contributed by atoms with Gasteiger partial charge in [-0.15, -0.1) is 0 Å². The number of carbonyl (C=O) groups is 1. The van der Waals surface area contributed by atoms with Crippen LogP contribution in [-0.4, -0.2) is 19.1 Å². The zero-order valence-electron chi connectivity index (χ0n) is 13.5. The van der Waals surface area contributed by atoms with Gasteiger partial charge in [-0.1, -0.05) is 18.2 Å². The molecule has 6 heteroatoms. The number of alkyl halides is 2. The Hall–Kier alpha value is -2.63. The van der Waals surface area contributed by atoms with Crippen molar-refractivity contribution in [1.82, 2.24) is 5.32 Å². The molecule has 2 aromatic rings. The number of hydrogen-bond acceptors (Lipinski definition) is 3. The molecule has 2 aromatic carbocycles. The molecule has 0 aromatic heterocycles. The molecule has 0 aliphatic heterocycles. The Bertz CT molecular complexity index is 667. The van der Waals surface area contributed by atoms with Crippen molar-refractivity contribution < 1.29 is 23.0 Å². The summed E-state index contributed by atoms with van der Waals surface area (Å²) in [4.78, 5) is 11.8. The van der Waals surface area contributed by atoms with Crippen LogP contribution in [-0.2, 0) is 11.3 Å². The second-order valence-corrected chi connectivity index (χ2v) is 5.41. The summed E-state index contributed by atoms with van der Waals surface area (Å²) >= 11 is 0. The lowest BCUT2D eigenvalue weighted by atomic mass is 10.1. The molecular weight excluding hydrogens is 316 g/mol. The SMILES string of the molecule is Cc1cc(C)cc(OCC(=O)NCc2ccc(OC(F)F)cc2)c1. The van der Waals surface area contributed by atoms with Gasteiger partial charge in [-0.3, -0.25) is 4.79 Å². The maximum Gasteiger partial charge on any atom is 0.387 e. The highest BCUT2D eigenvalue weighted by atomic mass is 19.3. The number of rotatable bonds is 7. The molecule has 24 heavy (non-hydrogen) atoms. The van der Waals surface area contributed by atoms with E-state index in [1.807, 2.05) is 32.0 Å². The summed E-state index contributed by atoms with van der Waals surface area (Å²) in [5, 5.41) is 2.71. The molecule has 0 saturated heterocycles. The minimum Gasteiger partial charge on any atom is -0.484 e. The van der Waals surface area contributed by atoms with Crippen LogP contribution < -0.4 is 14.8 Å². The summed E-state index contributed by atoms with van der Waals surface area (Å²) in [5.41, 5.74) is 2.91. The standard InChI is InChI=1S/C18H19F2NO3/c1-12-7-13(2)9-16(8-12)23-11-17(22)21-10-14-3-5-15(6-4-14)24-18(19)20/h3-9,18H,10-11H2,1-2H3,(H,21,22). The maximum atomic E-state index is 12.1. The van der Waals surface area contributed by atoms with Crippen molar-refractivity contribution in [3.05, 3.63) is 59.2 Å². The minimum absolute atomic E-state index is 0.0817. The molecule has 4 nitrogen and oxygen atoms in total. The first kappa shape index (κ1) is 17.7. The lowest BCUT2D eigenvalue weighted by Gasteiger charge is -2.09. The first-order chi connectivity index (χ1) is 11.4. The molecule has 0 fully saturated rings. The van der Waals surface area contributed by atoms with E-state index >= 15 is 0 Å². The van der Waals surface area contributed by atoms with E-state index < -0.39 is 6.61 Å². The summed E-state index contributed by atoms with van der Waals surface area (Å²) in [6.45, 7) is 1.26. The van der Waals surface area contributed by atoms with Crippen LogP contribution in [0, 0.1) is 13.8 Å². The van der Waals surface area contributed by atoms with Gasteiger partial charge in [0.2, 0.25) is 0 Å². The Balaban J connectivity index is 1.78. The summed E-state index contributed by atoms with van der Waals surface area (Å²) in [5.74, 6) is 0.469. The number of halogens is 2. The molecule has 0 heterocycles. The van der Waals surface area contributed by atoms with Crippen LogP contribution in [0.4, 0.5) is 8.78 Å². The number of amides is 1. The Morgan fingerprint density at radius 3 is 2.25 bits per heavy atom. The zero-order chi connectivity index (χ0) is 17.5. The molecule has 2 rings (SSSR count). The fourth-order valence-electron chi connectivity index (χ4n) is 2.21. The summed E-state index contributed by atoms with van der Waals surface area (Å²) in [6, 6.07) is 11.8. The van der Waals surface area contributed by atoms with Crippen molar-refractivity contribution in [3.63, 3.8) is 0 Å². The van der Waals surface area contributed by atoms with Gasteiger partial charge in [-0.2, -0.15) is 8.78 Å². The lowest BCUT2D eigenvalue weighted by Crippen LogP contribution is -2.28. The van der Waals surface area contributed by atoms with E-state index in [1.54, 1.807) is 12.1 Å². The van der Waals surface area contributed by atoms with E-state index in [0.717, 1.165) is 16.7 Å². The van der Waals surface area contributed by atoms with Crippen molar-refractivity contribution in [1.29, 1.82) is 0 Å². The molecule has 0 aliphatic rings. The molecule has 0 unspecified atom stereocenters. The predicted octanol–water partition coefficient (Wildman–Crippen LogP) is 3.60. The van der Waals surface area contributed by atoms with Crippen LogP contribution >= 0.6 is 0 Å². The molecule has 1 N–H and O–H groups in total. The van der Waals surface area contributed by atoms with Crippen LogP contribution in [0.5, 0.6) is 11.5 Å². The van der Waals surface area contributed by atoms with E-state index in [-0.39, 0.29) is 24.8 Å².